The van der Waals surface area contributed by atoms with Gasteiger partial charge in [0.2, 0.25) is 0 Å². The van der Waals surface area contributed by atoms with Crippen molar-refractivity contribution in [2.75, 3.05) is 0 Å². The summed E-state index contributed by atoms with van der Waals surface area (Å²) in [5.74, 6) is -2.43. The molecule has 0 spiro atoms. The van der Waals surface area contributed by atoms with Gasteiger partial charge in [-0.2, -0.15) is 0 Å². The van der Waals surface area contributed by atoms with E-state index in [1.165, 1.54) is 0 Å². The number of fused-ring (bicyclic) bond motifs is 5. The molecule has 0 aromatic rings. The van der Waals surface area contributed by atoms with E-state index in [0.717, 1.165) is 5.57 Å². The molecule has 0 bridgehead atoms. The Hall–Kier alpha value is -1.28. The van der Waals surface area contributed by atoms with E-state index in [1.54, 1.807) is 13.0 Å². The first-order chi connectivity index (χ1) is 14.3. The van der Waals surface area contributed by atoms with Crippen LogP contribution in [0.5, 0.6) is 0 Å². The Morgan fingerprint density at radius 3 is 2.61 bits per heavy atom. The SMILES string of the molecule is C[C@]12CCC(=O)C=C1C(Cl)C[C@@H]1[C@@H]2C(O)C[C@@]2(C)[C@H]1CC[C@]2(O)C(=O)C(O)CC(=O)O. The number of rotatable bonds is 4. The van der Waals surface area contributed by atoms with Crippen molar-refractivity contribution in [3.05, 3.63) is 11.6 Å². The van der Waals surface area contributed by atoms with Gasteiger partial charge < -0.3 is 20.4 Å². The van der Waals surface area contributed by atoms with E-state index in [1.807, 2.05) is 0 Å². The molecule has 4 N–H and O–H groups in total. The van der Waals surface area contributed by atoms with E-state index in [2.05, 4.69) is 6.92 Å². The highest BCUT2D eigenvalue weighted by Gasteiger charge is 2.69. The van der Waals surface area contributed by atoms with Crippen molar-refractivity contribution in [3.8, 4) is 0 Å². The van der Waals surface area contributed by atoms with Gasteiger partial charge in [0.15, 0.2) is 11.6 Å². The van der Waals surface area contributed by atoms with Crippen molar-refractivity contribution < 1.29 is 34.8 Å². The number of hydrogen-bond donors (Lipinski definition) is 4. The van der Waals surface area contributed by atoms with Crippen molar-refractivity contribution in [1.82, 2.24) is 0 Å². The van der Waals surface area contributed by atoms with Crippen LogP contribution in [0.15, 0.2) is 11.6 Å². The summed E-state index contributed by atoms with van der Waals surface area (Å²) in [5.41, 5.74) is -2.43. The molecule has 9 atom stereocenters. The molecule has 0 heterocycles. The molecule has 0 aromatic heterocycles. The summed E-state index contributed by atoms with van der Waals surface area (Å²) >= 11 is 6.75. The Labute approximate surface area is 186 Å². The summed E-state index contributed by atoms with van der Waals surface area (Å²) in [6.45, 7) is 3.84. The lowest BCUT2D eigenvalue weighted by atomic mass is 9.45. The lowest BCUT2D eigenvalue weighted by Gasteiger charge is -2.61. The average molecular weight is 455 g/mol. The molecule has 4 aliphatic carbocycles. The van der Waals surface area contributed by atoms with E-state index >= 15 is 0 Å². The third kappa shape index (κ3) is 3.15. The smallest absolute Gasteiger partial charge is 0.306 e. The van der Waals surface area contributed by atoms with Gasteiger partial charge in [-0.1, -0.05) is 13.8 Å². The van der Waals surface area contributed by atoms with Crippen LogP contribution >= 0.6 is 11.6 Å². The van der Waals surface area contributed by atoms with E-state index in [4.69, 9.17) is 16.7 Å². The van der Waals surface area contributed by atoms with Gasteiger partial charge in [-0.3, -0.25) is 14.4 Å². The number of ketones is 2. The zero-order valence-electron chi connectivity index (χ0n) is 17.9. The molecule has 31 heavy (non-hydrogen) atoms. The summed E-state index contributed by atoms with van der Waals surface area (Å²) in [6.07, 6.45) is 0.658. The molecule has 172 valence electrons. The molecule has 3 unspecified atom stereocenters. The van der Waals surface area contributed by atoms with E-state index in [0.29, 0.717) is 25.7 Å². The Morgan fingerprint density at radius 2 is 1.97 bits per heavy atom. The number of halogens is 1. The highest BCUT2D eigenvalue weighted by atomic mass is 35.5. The molecular formula is C23H31ClO7. The van der Waals surface area contributed by atoms with Crippen LogP contribution in [0.2, 0.25) is 0 Å². The second-order valence-corrected chi connectivity index (χ2v) is 11.1. The number of Topliss-reactive ketones (excluding diaryl/α,β-unsaturated/α-hetero) is 1. The molecule has 3 fully saturated rings. The molecule has 8 heteroatoms. The molecule has 3 saturated carbocycles. The quantitative estimate of drug-likeness (QED) is 0.476. The van der Waals surface area contributed by atoms with Crippen LogP contribution in [0.4, 0.5) is 0 Å². The molecule has 0 aromatic carbocycles. The minimum absolute atomic E-state index is 0.0509. The lowest BCUT2D eigenvalue weighted by molar-refractivity contribution is -0.186. The van der Waals surface area contributed by atoms with Crippen molar-refractivity contribution in [2.24, 2.45) is 28.6 Å². The molecule has 4 aliphatic rings. The third-order valence-corrected chi connectivity index (χ3v) is 9.52. The first kappa shape index (κ1) is 22.9. The van der Waals surface area contributed by atoms with Crippen LogP contribution in [0.25, 0.3) is 0 Å². The normalized spacial score (nSPS) is 47.6. The Morgan fingerprint density at radius 1 is 1.29 bits per heavy atom. The van der Waals surface area contributed by atoms with Gasteiger partial charge in [0.25, 0.3) is 0 Å². The predicted molar refractivity (Wildman–Crippen MR) is 111 cm³/mol. The Bertz CT molecular complexity index is 855. The summed E-state index contributed by atoms with van der Waals surface area (Å²) in [4.78, 5) is 36.0. The number of carboxylic acid groups (broad SMARTS) is 1. The molecule has 0 aliphatic heterocycles. The number of allylic oxidation sites excluding steroid dienone is 1. The van der Waals surface area contributed by atoms with Crippen LogP contribution in [0.3, 0.4) is 0 Å². The van der Waals surface area contributed by atoms with Gasteiger partial charge in [0.05, 0.1) is 17.9 Å². The minimum atomic E-state index is -1.90. The van der Waals surface area contributed by atoms with Crippen LogP contribution < -0.4 is 0 Å². The summed E-state index contributed by atoms with van der Waals surface area (Å²) in [7, 11) is 0. The molecular weight excluding hydrogens is 424 g/mol. The zero-order chi connectivity index (χ0) is 22.9. The fourth-order valence-corrected chi connectivity index (χ4v) is 8.15. The fraction of sp³-hybridized carbons (Fsp3) is 0.783. The van der Waals surface area contributed by atoms with E-state index in [9.17, 15) is 29.7 Å². The van der Waals surface area contributed by atoms with Crippen LogP contribution in [0.1, 0.15) is 58.8 Å². The number of carbonyl (C=O) groups excluding carboxylic acids is 2. The van der Waals surface area contributed by atoms with Crippen LogP contribution in [-0.2, 0) is 14.4 Å². The maximum absolute atomic E-state index is 13.0. The second-order valence-electron chi connectivity index (χ2n) is 10.5. The summed E-state index contributed by atoms with van der Waals surface area (Å²) in [5, 5.41) is 41.6. The number of hydrogen-bond acceptors (Lipinski definition) is 6. The van der Waals surface area contributed by atoms with Crippen molar-refractivity contribution in [3.63, 3.8) is 0 Å². The predicted octanol–water partition coefficient (Wildman–Crippen LogP) is 1.84. The van der Waals surface area contributed by atoms with Gasteiger partial charge in [-0.25, -0.2) is 0 Å². The summed E-state index contributed by atoms with van der Waals surface area (Å²) < 4.78 is 0. The van der Waals surface area contributed by atoms with Crippen molar-refractivity contribution in [1.29, 1.82) is 0 Å². The lowest BCUT2D eigenvalue weighted by Crippen LogP contribution is -2.63. The monoisotopic (exact) mass is 454 g/mol. The standard InChI is InChI=1S/C23H31ClO7/c1-21-5-3-11(25)7-14(21)15(24)8-12-13-4-6-23(31,20(30)16(26)9-18(28)29)22(13,2)10-17(27)19(12)21/h7,12-13,15-17,19,26-27,31H,3-6,8-10H2,1-2H3,(H,28,29)/t12-,13-,15?,16?,17?,19+,21-,22-,23-/m0/s1. The number of aliphatic carboxylic acids is 1. The van der Waals surface area contributed by atoms with E-state index in [-0.39, 0.29) is 41.8 Å². The maximum Gasteiger partial charge on any atom is 0.306 e. The fourth-order valence-electron chi connectivity index (χ4n) is 7.64. The zero-order valence-corrected chi connectivity index (χ0v) is 18.6. The van der Waals surface area contributed by atoms with Gasteiger partial charge in [0.1, 0.15) is 11.7 Å². The third-order valence-electron chi connectivity index (χ3n) is 9.10. The van der Waals surface area contributed by atoms with Gasteiger partial charge in [0, 0.05) is 11.8 Å². The summed E-state index contributed by atoms with van der Waals surface area (Å²) in [6, 6.07) is 0. The molecule has 0 saturated heterocycles. The minimum Gasteiger partial charge on any atom is -0.481 e. The average Bonchev–Trinajstić information content (AvgIpc) is 2.93. The number of carboxylic acids is 1. The van der Waals surface area contributed by atoms with Gasteiger partial charge in [-0.05, 0) is 66.9 Å². The highest BCUT2D eigenvalue weighted by Crippen LogP contribution is 2.68. The van der Waals surface area contributed by atoms with Crippen molar-refractivity contribution in [2.45, 2.75) is 82.0 Å². The Balaban J connectivity index is 1.70. The van der Waals surface area contributed by atoms with E-state index < -0.39 is 46.8 Å². The first-order valence-electron chi connectivity index (χ1n) is 11.1. The van der Waals surface area contributed by atoms with Crippen LogP contribution in [0, 0.1) is 28.6 Å². The molecule has 7 nitrogen and oxygen atoms in total. The first-order valence-corrected chi connectivity index (χ1v) is 11.5. The number of aliphatic hydroxyl groups excluding tert-OH is 2. The van der Waals surface area contributed by atoms with Crippen molar-refractivity contribution >= 4 is 29.1 Å². The molecule has 0 amide bonds. The number of alkyl halides is 1. The molecule has 0 radical (unpaired) electrons. The second kappa shape index (κ2) is 7.37. The topological polar surface area (TPSA) is 132 Å². The van der Waals surface area contributed by atoms with Gasteiger partial charge in [-0.15, -0.1) is 11.6 Å². The maximum atomic E-state index is 13.0. The van der Waals surface area contributed by atoms with Crippen LogP contribution in [-0.4, -0.2) is 61.1 Å². The Kier molecular flexibility index (Phi) is 5.44. The largest absolute Gasteiger partial charge is 0.481 e. The molecule has 4 rings (SSSR count). The number of carbonyl (C=O) groups is 3. The number of aliphatic hydroxyl groups is 3. The highest BCUT2D eigenvalue weighted by molar-refractivity contribution is 6.23. The van der Waals surface area contributed by atoms with Gasteiger partial charge >= 0.3 is 5.97 Å².